The molecule has 194 valence electrons. The molecule has 13 heteroatoms. The van der Waals surface area contributed by atoms with Gasteiger partial charge in [0.2, 0.25) is 10.0 Å². The van der Waals surface area contributed by atoms with Gasteiger partial charge in [-0.2, -0.15) is 9.40 Å². The molecule has 1 atom stereocenters. The monoisotopic (exact) mass is 531 g/mol. The van der Waals surface area contributed by atoms with Gasteiger partial charge in [0, 0.05) is 43.4 Å². The maximum atomic E-state index is 13.7. The minimum absolute atomic E-state index is 0.0567. The molecule has 37 heavy (non-hydrogen) atoms. The van der Waals surface area contributed by atoms with Crippen molar-refractivity contribution in [3.05, 3.63) is 70.9 Å². The summed E-state index contributed by atoms with van der Waals surface area (Å²) in [6.07, 6.45) is 1.06. The number of carbonyl (C=O) groups is 2. The van der Waals surface area contributed by atoms with Crippen LogP contribution in [0.2, 0.25) is 0 Å². The Balaban J connectivity index is 1.35. The summed E-state index contributed by atoms with van der Waals surface area (Å²) in [7, 11) is -4.21. The number of ether oxygens (including phenoxy) is 1. The molecule has 10 nitrogen and oxygen atoms in total. The molecule has 0 spiro atoms. The van der Waals surface area contributed by atoms with Crippen LogP contribution in [-0.4, -0.2) is 54.0 Å². The van der Waals surface area contributed by atoms with Crippen LogP contribution >= 0.6 is 0 Å². The summed E-state index contributed by atoms with van der Waals surface area (Å²) in [4.78, 5) is 25.1. The molecule has 3 N–H and O–H groups in total. The van der Waals surface area contributed by atoms with Gasteiger partial charge < -0.3 is 15.4 Å². The molecule has 2 aliphatic heterocycles. The van der Waals surface area contributed by atoms with Crippen LogP contribution in [0.3, 0.4) is 0 Å². The Hall–Kier alpha value is -3.68. The van der Waals surface area contributed by atoms with Crippen LogP contribution in [0.15, 0.2) is 47.4 Å². The van der Waals surface area contributed by atoms with Crippen molar-refractivity contribution >= 4 is 33.3 Å². The molecule has 2 aliphatic rings. The van der Waals surface area contributed by atoms with Gasteiger partial charge in [-0.05, 0) is 37.1 Å². The number of nitrogens with zero attached hydrogens (tertiary/aromatic N) is 2. The third-order valence-electron chi connectivity index (χ3n) is 6.26. The largest absolute Gasteiger partial charge is 0.368 e. The second kappa shape index (κ2) is 10.00. The number of rotatable bonds is 6. The minimum atomic E-state index is -4.21. The summed E-state index contributed by atoms with van der Waals surface area (Å²) < 4.78 is 59.9. The number of fused-ring (bicyclic) bond motifs is 1. The van der Waals surface area contributed by atoms with Crippen molar-refractivity contribution in [2.75, 3.05) is 23.8 Å². The molecule has 0 unspecified atom stereocenters. The molecule has 1 fully saturated rings. The van der Waals surface area contributed by atoms with Gasteiger partial charge in [-0.3, -0.25) is 14.7 Å². The zero-order chi connectivity index (χ0) is 26.2. The van der Waals surface area contributed by atoms with Gasteiger partial charge in [-0.25, -0.2) is 17.2 Å². The average Bonchev–Trinajstić information content (AvgIpc) is 3.54. The van der Waals surface area contributed by atoms with Crippen LogP contribution < -0.4 is 10.6 Å². The number of benzene rings is 2. The number of hydrogen-bond acceptors (Lipinski definition) is 6. The number of hydrogen-bond donors (Lipinski definition) is 3. The Labute approximate surface area is 211 Å². The molecule has 1 saturated heterocycles. The Morgan fingerprint density at radius 1 is 1.11 bits per heavy atom. The standard InChI is InChI=1S/C24H23F2N5O5S/c25-14-10-15(26)12-16(11-14)37(34,35)31-8-7-20-18(13-31)22(30-29-20)28-23(32)17-4-1-2-5-19(17)27-24(33)21-6-3-9-36-21/h1-2,4-5,10-12,21H,3,6-9,13H2,(H,27,33)(H2,28,29,30,32)/t21-/m1/s1. The van der Waals surface area contributed by atoms with Crippen molar-refractivity contribution in [1.82, 2.24) is 14.5 Å². The number of para-hydroxylation sites is 1. The highest BCUT2D eigenvalue weighted by Gasteiger charge is 2.32. The number of anilines is 2. The van der Waals surface area contributed by atoms with E-state index in [-0.39, 0.29) is 36.8 Å². The second-order valence-electron chi connectivity index (χ2n) is 8.71. The van der Waals surface area contributed by atoms with Crippen molar-refractivity contribution < 1.29 is 31.5 Å². The topological polar surface area (TPSA) is 133 Å². The van der Waals surface area contributed by atoms with E-state index in [4.69, 9.17) is 4.74 Å². The van der Waals surface area contributed by atoms with E-state index in [2.05, 4.69) is 20.8 Å². The van der Waals surface area contributed by atoms with E-state index in [1.54, 1.807) is 18.2 Å². The highest BCUT2D eigenvalue weighted by Crippen LogP contribution is 2.29. The van der Waals surface area contributed by atoms with Crippen LogP contribution in [0.1, 0.15) is 34.5 Å². The SMILES string of the molecule is O=C(Nc1n[nH]c2c1CN(S(=O)(=O)c1cc(F)cc(F)c1)CC2)c1ccccc1NC(=O)[C@H]1CCCO1. The Bertz CT molecular complexity index is 1450. The maximum Gasteiger partial charge on any atom is 0.258 e. The van der Waals surface area contributed by atoms with Gasteiger partial charge in [0.1, 0.15) is 17.7 Å². The van der Waals surface area contributed by atoms with E-state index in [0.29, 0.717) is 36.0 Å². The molecule has 0 bridgehead atoms. The van der Waals surface area contributed by atoms with Crippen molar-refractivity contribution in [2.24, 2.45) is 0 Å². The van der Waals surface area contributed by atoms with Gasteiger partial charge >= 0.3 is 0 Å². The fraction of sp³-hybridized carbons (Fsp3) is 0.292. The first-order valence-electron chi connectivity index (χ1n) is 11.6. The molecule has 0 aliphatic carbocycles. The molecule has 0 saturated carbocycles. The summed E-state index contributed by atoms with van der Waals surface area (Å²) in [6.45, 7) is 0.395. The van der Waals surface area contributed by atoms with E-state index in [9.17, 15) is 26.8 Å². The summed E-state index contributed by atoms with van der Waals surface area (Å²) in [5.41, 5.74) is 1.54. The van der Waals surface area contributed by atoms with Gasteiger partial charge in [-0.1, -0.05) is 12.1 Å². The number of nitrogens with one attached hydrogen (secondary N) is 3. The van der Waals surface area contributed by atoms with Crippen molar-refractivity contribution in [1.29, 1.82) is 0 Å². The normalized spacial score (nSPS) is 17.8. The van der Waals surface area contributed by atoms with Crippen LogP contribution in [0.4, 0.5) is 20.3 Å². The van der Waals surface area contributed by atoms with E-state index >= 15 is 0 Å². The maximum absolute atomic E-state index is 13.7. The molecule has 1 aromatic heterocycles. The van der Waals surface area contributed by atoms with Gasteiger partial charge in [0.05, 0.1) is 16.1 Å². The van der Waals surface area contributed by atoms with Crippen LogP contribution in [0.25, 0.3) is 0 Å². The number of amides is 2. The fourth-order valence-electron chi connectivity index (χ4n) is 4.37. The summed E-state index contributed by atoms with van der Waals surface area (Å²) in [6, 6.07) is 8.56. The Morgan fingerprint density at radius 3 is 2.59 bits per heavy atom. The minimum Gasteiger partial charge on any atom is -0.368 e. The molecule has 2 amide bonds. The van der Waals surface area contributed by atoms with Gasteiger partial charge in [-0.15, -0.1) is 0 Å². The average molecular weight is 532 g/mol. The molecular weight excluding hydrogens is 508 g/mol. The number of aromatic amines is 1. The molecule has 2 aromatic carbocycles. The highest BCUT2D eigenvalue weighted by molar-refractivity contribution is 7.89. The lowest BCUT2D eigenvalue weighted by Crippen LogP contribution is -2.36. The predicted molar refractivity (Wildman–Crippen MR) is 128 cm³/mol. The fourth-order valence-corrected chi connectivity index (χ4v) is 5.82. The summed E-state index contributed by atoms with van der Waals surface area (Å²) >= 11 is 0. The van der Waals surface area contributed by atoms with E-state index in [0.717, 1.165) is 22.9 Å². The Kier molecular flexibility index (Phi) is 6.75. The molecular formula is C24H23F2N5O5S. The van der Waals surface area contributed by atoms with E-state index in [1.807, 2.05) is 0 Å². The van der Waals surface area contributed by atoms with Crippen molar-refractivity contribution in [3.8, 4) is 0 Å². The zero-order valence-electron chi connectivity index (χ0n) is 19.5. The van der Waals surface area contributed by atoms with Crippen LogP contribution in [0.5, 0.6) is 0 Å². The van der Waals surface area contributed by atoms with E-state index < -0.39 is 38.6 Å². The third-order valence-corrected chi connectivity index (χ3v) is 8.08. The second-order valence-corrected chi connectivity index (χ2v) is 10.7. The first-order chi connectivity index (χ1) is 17.7. The number of H-pyrrole nitrogens is 1. The number of sulfonamides is 1. The van der Waals surface area contributed by atoms with Crippen molar-refractivity contribution in [2.45, 2.75) is 36.8 Å². The van der Waals surface area contributed by atoms with Gasteiger partial charge in [0.25, 0.3) is 11.8 Å². The lowest BCUT2D eigenvalue weighted by molar-refractivity contribution is -0.124. The summed E-state index contributed by atoms with van der Waals surface area (Å²) in [5.74, 6) is -2.80. The highest BCUT2D eigenvalue weighted by atomic mass is 32.2. The van der Waals surface area contributed by atoms with Crippen LogP contribution in [-0.2, 0) is 32.5 Å². The Morgan fingerprint density at radius 2 is 1.86 bits per heavy atom. The van der Waals surface area contributed by atoms with Crippen LogP contribution in [0, 0.1) is 11.6 Å². The van der Waals surface area contributed by atoms with Gasteiger partial charge in [0.15, 0.2) is 5.82 Å². The predicted octanol–water partition coefficient (Wildman–Crippen LogP) is 2.80. The number of aromatic nitrogens is 2. The third kappa shape index (κ3) is 5.10. The first-order valence-corrected chi connectivity index (χ1v) is 13.0. The lowest BCUT2D eigenvalue weighted by atomic mass is 10.1. The van der Waals surface area contributed by atoms with Crippen molar-refractivity contribution in [3.63, 3.8) is 0 Å². The number of carbonyl (C=O) groups excluding carboxylic acids is 2. The lowest BCUT2D eigenvalue weighted by Gasteiger charge is -2.26. The first kappa shape index (κ1) is 25.0. The number of halogens is 2. The molecule has 3 heterocycles. The zero-order valence-corrected chi connectivity index (χ0v) is 20.3. The van der Waals surface area contributed by atoms with E-state index in [1.165, 1.54) is 6.07 Å². The molecule has 0 radical (unpaired) electrons. The quantitative estimate of drug-likeness (QED) is 0.448. The molecule has 5 rings (SSSR count). The molecule has 3 aromatic rings. The summed E-state index contributed by atoms with van der Waals surface area (Å²) in [5, 5.41) is 12.3. The smallest absolute Gasteiger partial charge is 0.258 e.